The van der Waals surface area contributed by atoms with Gasteiger partial charge in [0.1, 0.15) is 18.0 Å². The zero-order chi connectivity index (χ0) is 18.1. The van der Waals surface area contributed by atoms with Gasteiger partial charge in [-0.25, -0.2) is 4.98 Å². The van der Waals surface area contributed by atoms with Gasteiger partial charge in [0.25, 0.3) is 0 Å². The fraction of sp³-hybridized carbons (Fsp3) is 0.333. The number of aromatic nitrogens is 5. The lowest BCUT2D eigenvalue weighted by molar-refractivity contribution is 0.203. The largest absolute Gasteiger partial charge is 0.380 e. The number of nitrogens with zero attached hydrogens (tertiary/aromatic N) is 7. The van der Waals surface area contributed by atoms with Gasteiger partial charge in [0.2, 0.25) is 0 Å². The van der Waals surface area contributed by atoms with Crippen LogP contribution in [0, 0.1) is 11.3 Å². The maximum Gasteiger partial charge on any atom is 0.139 e. The van der Waals surface area contributed by atoms with Gasteiger partial charge in [-0.2, -0.15) is 15.5 Å². The van der Waals surface area contributed by atoms with Crippen molar-refractivity contribution in [1.29, 1.82) is 5.26 Å². The third kappa shape index (κ3) is 2.93. The van der Waals surface area contributed by atoms with Crippen molar-refractivity contribution in [2.24, 2.45) is 7.05 Å². The summed E-state index contributed by atoms with van der Waals surface area (Å²) in [5, 5.41) is 28.3. The van der Waals surface area contributed by atoms with Crippen LogP contribution in [0.2, 0.25) is 0 Å². The molecule has 4 rings (SSSR count). The van der Waals surface area contributed by atoms with Gasteiger partial charge in [-0.1, -0.05) is 0 Å². The highest BCUT2D eigenvalue weighted by atomic mass is 16.3. The lowest BCUT2D eigenvalue weighted by Gasteiger charge is -2.20. The number of hydrogen-bond donors (Lipinski definition) is 1. The molecule has 0 spiro atoms. The van der Waals surface area contributed by atoms with Crippen LogP contribution in [0.5, 0.6) is 0 Å². The van der Waals surface area contributed by atoms with Gasteiger partial charge in [-0.05, 0) is 30.7 Å². The smallest absolute Gasteiger partial charge is 0.139 e. The molecule has 1 aliphatic heterocycles. The molecule has 0 amide bonds. The Morgan fingerprint density at radius 2 is 2.15 bits per heavy atom. The molecule has 0 fully saturated rings. The molecule has 8 nitrogen and oxygen atoms in total. The highest BCUT2D eigenvalue weighted by Crippen LogP contribution is 2.24. The van der Waals surface area contributed by atoms with Crippen LogP contribution < -0.4 is 4.90 Å². The van der Waals surface area contributed by atoms with Crippen molar-refractivity contribution in [3.8, 4) is 6.07 Å². The fourth-order valence-corrected chi connectivity index (χ4v) is 3.26. The number of nitriles is 1. The number of aliphatic hydroxyl groups excluding tert-OH is 1. The topological polar surface area (TPSA) is 95.8 Å². The van der Waals surface area contributed by atoms with Crippen LogP contribution in [-0.4, -0.2) is 36.2 Å². The van der Waals surface area contributed by atoms with Crippen molar-refractivity contribution >= 4 is 5.82 Å². The first-order chi connectivity index (χ1) is 12.7. The Labute approximate surface area is 150 Å². The molecule has 1 N–H and O–H groups in total. The average molecular weight is 349 g/mol. The molecule has 1 atom stereocenters. The minimum absolute atomic E-state index is 0.551. The number of aryl methyl sites for hydroxylation is 2. The Kier molecular flexibility index (Phi) is 4.14. The first kappa shape index (κ1) is 16.3. The SMILES string of the molecule is Cn1nccc1[C@H](O)c1cc2n(n1)CCCN(c1ccc(C#N)cn1)C2. The van der Waals surface area contributed by atoms with E-state index >= 15 is 0 Å². The molecule has 0 saturated carbocycles. The van der Waals surface area contributed by atoms with Gasteiger partial charge in [-0.15, -0.1) is 0 Å². The third-order valence-corrected chi connectivity index (χ3v) is 4.65. The van der Waals surface area contributed by atoms with Crippen molar-refractivity contribution in [1.82, 2.24) is 24.5 Å². The van der Waals surface area contributed by atoms with E-state index in [2.05, 4.69) is 26.2 Å². The standard InChI is InChI=1S/C18H19N7O/c1-23-16(5-6-21-23)18(26)15-9-14-12-24(7-2-8-25(14)22-15)17-4-3-13(10-19)11-20-17/h3-6,9,11,18,26H,2,7-8,12H2,1H3/t18-/m1/s1. The van der Waals surface area contributed by atoms with Gasteiger partial charge in [0.05, 0.1) is 29.2 Å². The maximum absolute atomic E-state index is 10.6. The number of fused-ring (bicyclic) bond motifs is 1. The summed E-state index contributed by atoms with van der Waals surface area (Å²) in [5.74, 6) is 0.840. The summed E-state index contributed by atoms with van der Waals surface area (Å²) >= 11 is 0. The van der Waals surface area contributed by atoms with E-state index in [9.17, 15) is 5.11 Å². The minimum atomic E-state index is -0.802. The molecule has 132 valence electrons. The van der Waals surface area contributed by atoms with E-state index in [0.29, 0.717) is 23.5 Å². The molecular weight excluding hydrogens is 330 g/mol. The molecule has 3 aromatic rings. The van der Waals surface area contributed by atoms with Crippen LogP contribution in [0.4, 0.5) is 5.82 Å². The number of pyridine rings is 1. The van der Waals surface area contributed by atoms with E-state index in [1.165, 1.54) is 0 Å². The van der Waals surface area contributed by atoms with E-state index in [1.54, 1.807) is 36.3 Å². The molecule has 0 saturated heterocycles. The molecule has 1 aliphatic rings. The molecule has 26 heavy (non-hydrogen) atoms. The lowest BCUT2D eigenvalue weighted by Crippen LogP contribution is -2.23. The van der Waals surface area contributed by atoms with Gasteiger partial charge in [0, 0.05) is 32.5 Å². The second kappa shape index (κ2) is 6.61. The Morgan fingerprint density at radius 1 is 1.27 bits per heavy atom. The third-order valence-electron chi connectivity index (χ3n) is 4.65. The number of hydrogen-bond acceptors (Lipinski definition) is 6. The summed E-state index contributed by atoms with van der Waals surface area (Å²) in [6, 6.07) is 9.48. The van der Waals surface area contributed by atoms with Crippen molar-refractivity contribution < 1.29 is 5.11 Å². The van der Waals surface area contributed by atoms with Gasteiger partial charge >= 0.3 is 0 Å². The van der Waals surface area contributed by atoms with Crippen LogP contribution in [0.3, 0.4) is 0 Å². The quantitative estimate of drug-likeness (QED) is 0.767. The second-order valence-electron chi connectivity index (χ2n) is 6.36. The first-order valence-electron chi connectivity index (χ1n) is 8.49. The summed E-state index contributed by atoms with van der Waals surface area (Å²) in [6.07, 6.45) is 3.38. The second-order valence-corrected chi connectivity index (χ2v) is 6.36. The minimum Gasteiger partial charge on any atom is -0.380 e. The summed E-state index contributed by atoms with van der Waals surface area (Å²) in [4.78, 5) is 6.56. The van der Waals surface area contributed by atoms with Crippen molar-refractivity contribution in [3.63, 3.8) is 0 Å². The Bertz CT molecular complexity index is 951. The monoisotopic (exact) mass is 349 g/mol. The van der Waals surface area contributed by atoms with Crippen LogP contribution in [0.25, 0.3) is 0 Å². The molecule has 0 unspecified atom stereocenters. The van der Waals surface area contributed by atoms with Crippen LogP contribution in [0.1, 0.15) is 35.2 Å². The number of anilines is 1. The summed E-state index contributed by atoms with van der Waals surface area (Å²) in [5.41, 5.74) is 2.92. The Balaban J connectivity index is 1.59. The predicted octanol–water partition coefficient (Wildman–Crippen LogP) is 1.38. The average Bonchev–Trinajstić information content (AvgIpc) is 3.22. The molecule has 3 aromatic heterocycles. The van der Waals surface area contributed by atoms with Crippen molar-refractivity contribution in [2.75, 3.05) is 11.4 Å². The molecule has 4 heterocycles. The Hall–Kier alpha value is -3.18. The molecule has 0 aliphatic carbocycles. The van der Waals surface area contributed by atoms with Crippen molar-refractivity contribution in [2.45, 2.75) is 25.6 Å². The first-order valence-corrected chi connectivity index (χ1v) is 8.49. The number of aliphatic hydroxyl groups is 1. The molecule has 0 bridgehead atoms. The van der Waals surface area contributed by atoms with Crippen molar-refractivity contribution in [3.05, 3.63) is 59.3 Å². The van der Waals surface area contributed by atoms with Crippen LogP contribution in [-0.2, 0) is 20.1 Å². The van der Waals surface area contributed by atoms with Gasteiger partial charge in [-0.3, -0.25) is 9.36 Å². The van der Waals surface area contributed by atoms with Gasteiger partial charge in [0.15, 0.2) is 0 Å². The highest BCUT2D eigenvalue weighted by Gasteiger charge is 2.22. The molecule has 8 heteroatoms. The summed E-state index contributed by atoms with van der Waals surface area (Å²) < 4.78 is 3.61. The highest BCUT2D eigenvalue weighted by molar-refractivity contribution is 5.42. The van der Waals surface area contributed by atoms with E-state index in [-0.39, 0.29) is 0 Å². The predicted molar refractivity (Wildman–Crippen MR) is 94.1 cm³/mol. The van der Waals surface area contributed by atoms with Crippen LogP contribution in [0.15, 0.2) is 36.7 Å². The van der Waals surface area contributed by atoms with E-state index in [0.717, 1.165) is 31.0 Å². The van der Waals surface area contributed by atoms with Gasteiger partial charge < -0.3 is 10.0 Å². The number of rotatable bonds is 3. The maximum atomic E-state index is 10.6. The Morgan fingerprint density at radius 3 is 2.85 bits per heavy atom. The fourth-order valence-electron chi connectivity index (χ4n) is 3.26. The molecule has 0 aromatic carbocycles. The molecular formula is C18H19N7O. The normalized spacial score (nSPS) is 15.2. The summed E-state index contributed by atoms with van der Waals surface area (Å²) in [7, 11) is 1.80. The zero-order valence-corrected chi connectivity index (χ0v) is 14.4. The van der Waals surface area contributed by atoms with E-state index in [4.69, 9.17) is 5.26 Å². The molecule has 0 radical (unpaired) electrons. The van der Waals surface area contributed by atoms with E-state index in [1.807, 2.05) is 16.8 Å². The summed E-state index contributed by atoms with van der Waals surface area (Å²) in [6.45, 7) is 2.31. The zero-order valence-electron chi connectivity index (χ0n) is 14.4. The lowest BCUT2D eigenvalue weighted by atomic mass is 10.2. The van der Waals surface area contributed by atoms with E-state index < -0.39 is 6.10 Å². The van der Waals surface area contributed by atoms with Crippen LogP contribution >= 0.6 is 0 Å².